The van der Waals surface area contributed by atoms with Crippen molar-refractivity contribution in [3.63, 3.8) is 0 Å². The van der Waals surface area contributed by atoms with E-state index in [1.54, 1.807) is 0 Å². The molecule has 4 unspecified atom stereocenters. The van der Waals surface area contributed by atoms with Gasteiger partial charge >= 0.3 is 0 Å². The fourth-order valence-electron chi connectivity index (χ4n) is 3.86. The average Bonchev–Trinajstić information content (AvgIpc) is 2.44. The molecule has 3 rings (SSSR count). The van der Waals surface area contributed by atoms with Crippen LogP contribution >= 0.6 is 0 Å². The highest BCUT2D eigenvalue weighted by molar-refractivity contribution is 5.14. The van der Waals surface area contributed by atoms with Crippen LogP contribution in [0.1, 0.15) is 38.7 Å². The molecule has 1 heterocycles. The molecule has 1 saturated carbocycles. The smallest absolute Gasteiger partial charge is 0.0208 e. The van der Waals surface area contributed by atoms with Gasteiger partial charge < -0.3 is 5.32 Å². The summed E-state index contributed by atoms with van der Waals surface area (Å²) in [5, 5.41) is 3.77. The maximum Gasteiger partial charge on any atom is 0.0208 e. The first-order chi connectivity index (χ1) is 9.72. The first-order valence-corrected chi connectivity index (χ1v) is 8.23. The van der Waals surface area contributed by atoms with Crippen LogP contribution in [-0.4, -0.2) is 30.1 Å². The highest BCUT2D eigenvalue weighted by Gasteiger charge is 2.36. The van der Waals surface area contributed by atoms with Crippen molar-refractivity contribution in [2.75, 3.05) is 13.1 Å². The van der Waals surface area contributed by atoms with Gasteiger partial charge in [-0.15, -0.1) is 0 Å². The Balaban J connectivity index is 1.53. The van der Waals surface area contributed by atoms with E-state index in [-0.39, 0.29) is 0 Å². The van der Waals surface area contributed by atoms with Gasteiger partial charge in [-0.25, -0.2) is 0 Å². The molecule has 0 radical (unpaired) electrons. The molecule has 0 bridgehead atoms. The molecule has 4 atom stereocenters. The second-order valence-electron chi connectivity index (χ2n) is 6.98. The van der Waals surface area contributed by atoms with Gasteiger partial charge in [-0.2, -0.15) is 0 Å². The molecular weight excluding hydrogens is 244 g/mol. The lowest BCUT2D eigenvalue weighted by molar-refractivity contribution is 0.0261. The number of nitrogens with zero attached hydrogens (tertiary/aromatic N) is 1. The van der Waals surface area contributed by atoms with Crippen LogP contribution in [0.5, 0.6) is 0 Å². The summed E-state index contributed by atoms with van der Waals surface area (Å²) < 4.78 is 0. The van der Waals surface area contributed by atoms with Gasteiger partial charge in [0.2, 0.25) is 0 Å². The monoisotopic (exact) mass is 272 g/mol. The molecule has 1 aromatic carbocycles. The second kappa shape index (κ2) is 6.28. The van der Waals surface area contributed by atoms with Crippen LogP contribution < -0.4 is 5.32 Å². The molecular formula is C18H28N2. The number of benzene rings is 1. The third kappa shape index (κ3) is 3.24. The summed E-state index contributed by atoms with van der Waals surface area (Å²) in [5.74, 6) is 1.74. The van der Waals surface area contributed by atoms with Crippen molar-refractivity contribution in [3.8, 4) is 0 Å². The van der Waals surface area contributed by atoms with Crippen molar-refractivity contribution in [3.05, 3.63) is 35.9 Å². The Hall–Kier alpha value is -0.860. The van der Waals surface area contributed by atoms with Crippen LogP contribution in [0.2, 0.25) is 0 Å². The molecule has 1 saturated heterocycles. The minimum atomic E-state index is 0.659. The highest BCUT2D eigenvalue weighted by Crippen LogP contribution is 2.34. The molecule has 0 spiro atoms. The Morgan fingerprint density at radius 2 is 1.90 bits per heavy atom. The van der Waals surface area contributed by atoms with E-state index < -0.39 is 0 Å². The third-order valence-corrected chi connectivity index (χ3v) is 5.17. The van der Waals surface area contributed by atoms with E-state index in [1.165, 1.54) is 37.9 Å². The Kier molecular flexibility index (Phi) is 4.42. The Morgan fingerprint density at radius 1 is 1.10 bits per heavy atom. The zero-order chi connectivity index (χ0) is 13.9. The highest BCUT2D eigenvalue weighted by atomic mass is 15.2. The predicted molar refractivity (Wildman–Crippen MR) is 84.6 cm³/mol. The lowest BCUT2D eigenvalue weighted by Crippen LogP contribution is -2.56. The Morgan fingerprint density at radius 3 is 2.55 bits per heavy atom. The summed E-state index contributed by atoms with van der Waals surface area (Å²) in [6.45, 7) is 8.38. The molecule has 20 heavy (non-hydrogen) atoms. The Bertz CT molecular complexity index is 417. The van der Waals surface area contributed by atoms with Crippen molar-refractivity contribution in [2.24, 2.45) is 11.8 Å². The van der Waals surface area contributed by atoms with E-state index in [2.05, 4.69) is 54.4 Å². The van der Waals surface area contributed by atoms with Gasteiger partial charge in [-0.3, -0.25) is 4.90 Å². The SMILES string of the molecule is CC1CC(NCc2ccccc2)CN(C2CCC2C)C1. The summed E-state index contributed by atoms with van der Waals surface area (Å²) in [7, 11) is 0. The zero-order valence-electron chi connectivity index (χ0n) is 12.9. The van der Waals surface area contributed by atoms with Crippen LogP contribution in [0.3, 0.4) is 0 Å². The molecule has 1 aliphatic carbocycles. The van der Waals surface area contributed by atoms with Gasteiger partial charge in [0.15, 0.2) is 0 Å². The van der Waals surface area contributed by atoms with Gasteiger partial charge in [-0.05, 0) is 36.7 Å². The largest absolute Gasteiger partial charge is 0.309 e. The maximum absolute atomic E-state index is 3.77. The number of hydrogen-bond acceptors (Lipinski definition) is 2. The van der Waals surface area contributed by atoms with Crippen LogP contribution in [0.4, 0.5) is 0 Å². The number of nitrogens with one attached hydrogen (secondary N) is 1. The standard InChI is InChI=1S/C18H28N2/c1-14-10-17(19-11-16-6-4-3-5-7-16)13-20(12-14)18-9-8-15(18)2/h3-7,14-15,17-19H,8-13H2,1-2H3. The molecule has 1 N–H and O–H groups in total. The molecule has 2 heteroatoms. The van der Waals surface area contributed by atoms with E-state index >= 15 is 0 Å². The molecule has 0 aromatic heterocycles. The molecule has 1 aromatic rings. The van der Waals surface area contributed by atoms with Crippen molar-refractivity contribution >= 4 is 0 Å². The van der Waals surface area contributed by atoms with Gasteiger partial charge in [-0.1, -0.05) is 44.2 Å². The van der Waals surface area contributed by atoms with Gasteiger partial charge in [0.25, 0.3) is 0 Å². The molecule has 1 aliphatic heterocycles. The minimum Gasteiger partial charge on any atom is -0.309 e. The van der Waals surface area contributed by atoms with E-state index in [4.69, 9.17) is 0 Å². The van der Waals surface area contributed by atoms with Crippen molar-refractivity contribution < 1.29 is 0 Å². The van der Waals surface area contributed by atoms with E-state index in [1.807, 2.05) is 0 Å². The summed E-state index contributed by atoms with van der Waals surface area (Å²) in [6.07, 6.45) is 4.17. The van der Waals surface area contributed by atoms with Gasteiger partial charge in [0, 0.05) is 31.7 Å². The van der Waals surface area contributed by atoms with Crippen LogP contribution in [-0.2, 0) is 6.54 Å². The normalized spacial score (nSPS) is 34.7. The van der Waals surface area contributed by atoms with Crippen LogP contribution in [0.15, 0.2) is 30.3 Å². The topological polar surface area (TPSA) is 15.3 Å². The Labute approximate surface area is 123 Å². The fourth-order valence-corrected chi connectivity index (χ4v) is 3.86. The zero-order valence-corrected chi connectivity index (χ0v) is 12.9. The molecule has 2 aliphatic rings. The van der Waals surface area contributed by atoms with E-state index in [9.17, 15) is 0 Å². The van der Waals surface area contributed by atoms with E-state index in [0.29, 0.717) is 6.04 Å². The lowest BCUT2D eigenvalue weighted by Gasteiger charge is -2.48. The fraction of sp³-hybridized carbons (Fsp3) is 0.667. The first-order valence-electron chi connectivity index (χ1n) is 8.23. The minimum absolute atomic E-state index is 0.659. The molecule has 2 fully saturated rings. The average molecular weight is 272 g/mol. The van der Waals surface area contributed by atoms with Crippen molar-refractivity contribution in [2.45, 2.75) is 51.7 Å². The van der Waals surface area contributed by atoms with Crippen molar-refractivity contribution in [1.82, 2.24) is 10.2 Å². The van der Waals surface area contributed by atoms with Crippen molar-refractivity contribution in [1.29, 1.82) is 0 Å². The molecule has 0 amide bonds. The van der Waals surface area contributed by atoms with E-state index in [0.717, 1.165) is 24.4 Å². The summed E-state index contributed by atoms with van der Waals surface area (Å²) in [4.78, 5) is 2.75. The maximum atomic E-state index is 3.77. The lowest BCUT2D eigenvalue weighted by atomic mass is 9.78. The van der Waals surface area contributed by atoms with Gasteiger partial charge in [0.05, 0.1) is 0 Å². The third-order valence-electron chi connectivity index (χ3n) is 5.17. The number of piperidine rings is 1. The number of likely N-dealkylation sites (tertiary alicyclic amines) is 1. The molecule has 110 valence electrons. The predicted octanol–water partition coefficient (Wildman–Crippen LogP) is 3.29. The summed E-state index contributed by atoms with van der Waals surface area (Å²) in [5.41, 5.74) is 1.40. The summed E-state index contributed by atoms with van der Waals surface area (Å²) >= 11 is 0. The molecule has 2 nitrogen and oxygen atoms in total. The van der Waals surface area contributed by atoms with Gasteiger partial charge in [0.1, 0.15) is 0 Å². The number of hydrogen-bond donors (Lipinski definition) is 1. The first kappa shape index (κ1) is 14.1. The second-order valence-corrected chi connectivity index (χ2v) is 6.98. The van der Waals surface area contributed by atoms with Crippen LogP contribution in [0, 0.1) is 11.8 Å². The summed E-state index contributed by atoms with van der Waals surface area (Å²) in [6, 6.07) is 12.3. The quantitative estimate of drug-likeness (QED) is 0.905. The van der Waals surface area contributed by atoms with Crippen LogP contribution in [0.25, 0.3) is 0 Å². The number of rotatable bonds is 4.